The molecule has 17 heavy (non-hydrogen) atoms. The molecule has 0 aromatic carbocycles. The number of nitrogens with zero attached hydrogens (tertiary/aromatic N) is 1. The van der Waals surface area contributed by atoms with Gasteiger partial charge in [-0.05, 0) is 18.2 Å². The molecule has 0 atom stereocenters. The van der Waals surface area contributed by atoms with Crippen molar-refractivity contribution in [1.82, 2.24) is 4.40 Å². The van der Waals surface area contributed by atoms with E-state index in [1.807, 2.05) is 0 Å². The fraction of sp³-hybridized carbons (Fsp3) is 0.167. The minimum Gasteiger partial charge on any atom is -0.465 e. The second-order valence-corrected chi connectivity index (χ2v) is 3.71. The Morgan fingerprint density at radius 2 is 2.06 bits per heavy atom. The van der Waals surface area contributed by atoms with Crippen LogP contribution >= 0.6 is 0 Å². The molecule has 0 aliphatic heterocycles. The summed E-state index contributed by atoms with van der Waals surface area (Å²) >= 11 is 0. The van der Waals surface area contributed by atoms with Crippen molar-refractivity contribution in [2.75, 3.05) is 12.8 Å². The van der Waals surface area contributed by atoms with E-state index in [0.29, 0.717) is 22.5 Å². The molecular weight excluding hydrogens is 220 g/mol. The van der Waals surface area contributed by atoms with Crippen molar-refractivity contribution in [1.29, 1.82) is 0 Å². The van der Waals surface area contributed by atoms with Crippen LogP contribution in [0, 0.1) is 0 Å². The summed E-state index contributed by atoms with van der Waals surface area (Å²) in [7, 11) is 1.30. The van der Waals surface area contributed by atoms with E-state index in [2.05, 4.69) is 4.74 Å². The lowest BCUT2D eigenvalue weighted by atomic mass is 10.2. The second kappa shape index (κ2) is 3.93. The SMILES string of the molecule is COC(=O)c1cc(C(C)=O)n2ccc(N)cc12. The molecule has 2 rings (SSSR count). The van der Waals surface area contributed by atoms with Crippen LogP contribution in [0.5, 0.6) is 0 Å². The van der Waals surface area contributed by atoms with E-state index in [9.17, 15) is 9.59 Å². The number of Topliss-reactive ketones (excluding diaryl/α,β-unsaturated/α-hetero) is 1. The zero-order valence-electron chi connectivity index (χ0n) is 9.56. The lowest BCUT2D eigenvalue weighted by molar-refractivity contribution is 0.0603. The highest BCUT2D eigenvalue weighted by Crippen LogP contribution is 2.20. The number of fused-ring (bicyclic) bond motifs is 1. The Morgan fingerprint density at radius 1 is 1.35 bits per heavy atom. The lowest BCUT2D eigenvalue weighted by Gasteiger charge is -2.01. The van der Waals surface area contributed by atoms with Gasteiger partial charge in [0.1, 0.15) is 0 Å². The van der Waals surface area contributed by atoms with Crippen molar-refractivity contribution < 1.29 is 14.3 Å². The van der Waals surface area contributed by atoms with E-state index in [-0.39, 0.29) is 5.78 Å². The van der Waals surface area contributed by atoms with E-state index in [0.717, 1.165) is 0 Å². The number of hydrogen-bond acceptors (Lipinski definition) is 4. The number of ketones is 1. The van der Waals surface area contributed by atoms with Crippen molar-refractivity contribution in [2.45, 2.75) is 6.92 Å². The number of carbonyl (C=O) groups is 2. The minimum absolute atomic E-state index is 0.125. The van der Waals surface area contributed by atoms with Crippen LogP contribution in [0.1, 0.15) is 27.8 Å². The van der Waals surface area contributed by atoms with Crippen molar-refractivity contribution in [3.8, 4) is 0 Å². The van der Waals surface area contributed by atoms with Crippen molar-refractivity contribution in [3.05, 3.63) is 35.7 Å². The number of nitrogen functional groups attached to an aromatic ring is 1. The highest BCUT2D eigenvalue weighted by molar-refractivity contribution is 6.03. The smallest absolute Gasteiger partial charge is 0.340 e. The highest BCUT2D eigenvalue weighted by Gasteiger charge is 2.17. The molecule has 0 radical (unpaired) electrons. The Hall–Kier alpha value is -2.30. The molecule has 0 spiro atoms. The molecule has 0 aliphatic rings. The van der Waals surface area contributed by atoms with Crippen LogP contribution in [0.3, 0.4) is 0 Å². The molecule has 88 valence electrons. The van der Waals surface area contributed by atoms with E-state index in [1.165, 1.54) is 20.1 Å². The average Bonchev–Trinajstić information content (AvgIpc) is 2.66. The number of rotatable bonds is 2. The molecule has 5 heteroatoms. The normalized spacial score (nSPS) is 10.5. The van der Waals surface area contributed by atoms with E-state index < -0.39 is 5.97 Å². The van der Waals surface area contributed by atoms with Crippen LogP contribution in [0.2, 0.25) is 0 Å². The van der Waals surface area contributed by atoms with Gasteiger partial charge in [0.05, 0.1) is 23.9 Å². The molecule has 0 amide bonds. The first kappa shape index (κ1) is 11.2. The third-order valence-electron chi connectivity index (χ3n) is 2.56. The van der Waals surface area contributed by atoms with Crippen molar-refractivity contribution in [2.24, 2.45) is 0 Å². The first-order valence-corrected chi connectivity index (χ1v) is 5.04. The number of nitrogens with two attached hydrogens (primary N) is 1. The summed E-state index contributed by atoms with van der Waals surface area (Å²) < 4.78 is 6.30. The molecule has 0 unspecified atom stereocenters. The van der Waals surface area contributed by atoms with Crippen LogP contribution < -0.4 is 5.73 Å². The number of ether oxygens (including phenoxy) is 1. The van der Waals surface area contributed by atoms with Gasteiger partial charge in [-0.15, -0.1) is 0 Å². The zero-order chi connectivity index (χ0) is 12.6. The van der Waals surface area contributed by atoms with Gasteiger partial charge in [0.25, 0.3) is 0 Å². The van der Waals surface area contributed by atoms with Gasteiger partial charge in [-0.2, -0.15) is 0 Å². The summed E-state index contributed by atoms with van der Waals surface area (Å²) in [6, 6.07) is 4.82. The maximum atomic E-state index is 11.6. The molecular formula is C12H12N2O3. The fourth-order valence-electron chi connectivity index (χ4n) is 1.76. The number of hydrogen-bond donors (Lipinski definition) is 1. The summed E-state index contributed by atoms with van der Waals surface area (Å²) in [6.07, 6.45) is 1.66. The van der Waals surface area contributed by atoms with Gasteiger partial charge < -0.3 is 14.9 Å². The van der Waals surface area contributed by atoms with Crippen LogP contribution in [-0.4, -0.2) is 23.3 Å². The largest absolute Gasteiger partial charge is 0.465 e. The van der Waals surface area contributed by atoms with Gasteiger partial charge in [-0.3, -0.25) is 4.79 Å². The lowest BCUT2D eigenvalue weighted by Crippen LogP contribution is -2.00. The summed E-state index contributed by atoms with van der Waals surface area (Å²) in [4.78, 5) is 23.1. The fourth-order valence-corrected chi connectivity index (χ4v) is 1.76. The standard InChI is InChI=1S/C12H12N2O3/c1-7(15)10-6-9(12(16)17-2)11-5-8(13)3-4-14(10)11/h3-6H,13H2,1-2H3. The monoisotopic (exact) mass is 232 g/mol. The molecule has 2 aromatic heterocycles. The average molecular weight is 232 g/mol. The van der Waals surface area contributed by atoms with Crippen LogP contribution in [-0.2, 0) is 4.74 Å². The first-order chi connectivity index (χ1) is 8.04. The topological polar surface area (TPSA) is 73.8 Å². The van der Waals surface area contributed by atoms with E-state index in [1.54, 1.807) is 22.7 Å². The minimum atomic E-state index is -0.486. The summed E-state index contributed by atoms with van der Waals surface area (Å²) in [5, 5.41) is 0. The van der Waals surface area contributed by atoms with Crippen molar-refractivity contribution >= 4 is 23.0 Å². The van der Waals surface area contributed by atoms with E-state index in [4.69, 9.17) is 5.73 Å². The Labute approximate surface area is 97.8 Å². The van der Waals surface area contributed by atoms with Crippen LogP contribution in [0.15, 0.2) is 24.4 Å². The maximum Gasteiger partial charge on any atom is 0.340 e. The Kier molecular flexibility index (Phi) is 2.59. The van der Waals surface area contributed by atoms with Crippen LogP contribution in [0.25, 0.3) is 5.52 Å². The van der Waals surface area contributed by atoms with Gasteiger partial charge >= 0.3 is 5.97 Å². The molecule has 0 saturated carbocycles. The van der Waals surface area contributed by atoms with E-state index >= 15 is 0 Å². The first-order valence-electron chi connectivity index (χ1n) is 5.04. The Bertz CT molecular complexity index is 613. The van der Waals surface area contributed by atoms with Gasteiger partial charge in [0, 0.05) is 18.8 Å². The number of pyridine rings is 1. The quantitative estimate of drug-likeness (QED) is 0.629. The molecule has 0 saturated heterocycles. The molecule has 5 nitrogen and oxygen atoms in total. The second-order valence-electron chi connectivity index (χ2n) is 3.71. The molecule has 0 fully saturated rings. The van der Waals surface area contributed by atoms with Gasteiger partial charge in [0.2, 0.25) is 0 Å². The number of aromatic nitrogens is 1. The number of esters is 1. The molecule has 2 heterocycles. The van der Waals surface area contributed by atoms with Crippen LogP contribution in [0.4, 0.5) is 5.69 Å². The predicted molar refractivity (Wildman–Crippen MR) is 63.2 cm³/mol. The summed E-state index contributed by atoms with van der Waals surface area (Å²) in [5.41, 5.74) is 7.53. The number of carbonyl (C=O) groups excluding carboxylic acids is 2. The third-order valence-corrected chi connectivity index (χ3v) is 2.56. The summed E-state index contributed by atoms with van der Waals surface area (Å²) in [5.74, 6) is -0.611. The molecule has 2 N–H and O–H groups in total. The molecule has 0 bridgehead atoms. The van der Waals surface area contributed by atoms with Crippen molar-refractivity contribution in [3.63, 3.8) is 0 Å². The number of anilines is 1. The third kappa shape index (κ3) is 1.75. The zero-order valence-corrected chi connectivity index (χ0v) is 9.56. The highest BCUT2D eigenvalue weighted by atomic mass is 16.5. The molecule has 2 aromatic rings. The number of methoxy groups -OCH3 is 1. The molecule has 0 aliphatic carbocycles. The van der Waals surface area contributed by atoms with Gasteiger partial charge in [0.15, 0.2) is 5.78 Å². The Balaban J connectivity index is 2.80. The Morgan fingerprint density at radius 3 is 2.65 bits per heavy atom. The van der Waals surface area contributed by atoms with Gasteiger partial charge in [-0.25, -0.2) is 4.79 Å². The summed E-state index contributed by atoms with van der Waals surface area (Å²) in [6.45, 7) is 1.44. The predicted octanol–water partition coefficient (Wildman–Crippen LogP) is 1.51. The maximum absolute atomic E-state index is 11.6. The van der Waals surface area contributed by atoms with Gasteiger partial charge in [-0.1, -0.05) is 0 Å².